The zero-order valence-corrected chi connectivity index (χ0v) is 17.7. The standard InChI is InChI=1S/C23H30N4O3/c1-18(2)13-26-14-21(30-17-20-5-3-4-10-25-20)15-27(16-23(26)29)22(28)7-6-19-8-11-24-12-9-19/h3-5,8-12,18,21H,6-7,13-17H2,1-2H3. The minimum atomic E-state index is -0.248. The number of ether oxygens (including phenoxy) is 1. The first-order valence-electron chi connectivity index (χ1n) is 10.5. The third-order valence-corrected chi connectivity index (χ3v) is 5.04. The van der Waals surface area contributed by atoms with Crippen LogP contribution in [0.4, 0.5) is 0 Å². The second kappa shape index (κ2) is 10.8. The van der Waals surface area contributed by atoms with E-state index in [1.54, 1.807) is 23.5 Å². The van der Waals surface area contributed by atoms with Gasteiger partial charge in [-0.25, -0.2) is 0 Å². The van der Waals surface area contributed by atoms with E-state index in [4.69, 9.17) is 4.74 Å². The van der Waals surface area contributed by atoms with E-state index in [-0.39, 0.29) is 24.5 Å². The molecule has 0 saturated carbocycles. The second-order valence-corrected chi connectivity index (χ2v) is 8.08. The summed E-state index contributed by atoms with van der Waals surface area (Å²) in [5.74, 6) is 0.294. The van der Waals surface area contributed by atoms with Crippen molar-refractivity contribution in [2.24, 2.45) is 5.92 Å². The number of carbonyl (C=O) groups excluding carboxylic acids is 2. The summed E-state index contributed by atoms with van der Waals surface area (Å²) in [6.45, 7) is 6.17. The lowest BCUT2D eigenvalue weighted by atomic mass is 10.1. The van der Waals surface area contributed by atoms with Crippen LogP contribution in [0.25, 0.3) is 0 Å². The molecule has 1 unspecified atom stereocenters. The van der Waals surface area contributed by atoms with E-state index in [0.717, 1.165) is 11.3 Å². The van der Waals surface area contributed by atoms with Crippen LogP contribution in [0.15, 0.2) is 48.9 Å². The molecule has 0 bridgehead atoms. The van der Waals surface area contributed by atoms with Gasteiger partial charge in [0, 0.05) is 44.6 Å². The molecule has 0 aliphatic carbocycles. The molecule has 0 aromatic carbocycles. The summed E-state index contributed by atoms with van der Waals surface area (Å²) >= 11 is 0. The zero-order chi connectivity index (χ0) is 21.3. The Morgan fingerprint density at radius 1 is 1.17 bits per heavy atom. The van der Waals surface area contributed by atoms with Gasteiger partial charge in [-0.2, -0.15) is 0 Å². The largest absolute Gasteiger partial charge is 0.368 e. The van der Waals surface area contributed by atoms with Crippen molar-refractivity contribution in [3.05, 3.63) is 60.2 Å². The molecule has 3 rings (SSSR count). The Morgan fingerprint density at radius 3 is 2.67 bits per heavy atom. The average Bonchev–Trinajstić information content (AvgIpc) is 2.90. The predicted molar refractivity (Wildman–Crippen MR) is 113 cm³/mol. The SMILES string of the molecule is CC(C)CN1CC(OCc2ccccn2)CN(C(=O)CCc2ccncc2)CC1=O. The van der Waals surface area contributed by atoms with Crippen LogP contribution in [0.5, 0.6) is 0 Å². The topological polar surface area (TPSA) is 75.6 Å². The molecular weight excluding hydrogens is 380 g/mol. The van der Waals surface area contributed by atoms with Crippen molar-refractivity contribution in [1.29, 1.82) is 0 Å². The molecule has 2 amide bonds. The number of amides is 2. The molecule has 1 atom stereocenters. The molecule has 7 nitrogen and oxygen atoms in total. The lowest BCUT2D eigenvalue weighted by Crippen LogP contribution is -2.40. The Bertz CT molecular complexity index is 814. The molecule has 1 fully saturated rings. The molecule has 1 aliphatic heterocycles. The molecule has 30 heavy (non-hydrogen) atoms. The Hall–Kier alpha value is -2.80. The first-order chi connectivity index (χ1) is 14.5. The number of hydrogen-bond donors (Lipinski definition) is 0. The van der Waals surface area contributed by atoms with Crippen LogP contribution in [-0.4, -0.2) is 63.9 Å². The summed E-state index contributed by atoms with van der Waals surface area (Å²) in [5.41, 5.74) is 1.89. The highest BCUT2D eigenvalue weighted by Crippen LogP contribution is 2.14. The van der Waals surface area contributed by atoms with Gasteiger partial charge in [0.05, 0.1) is 24.9 Å². The summed E-state index contributed by atoms with van der Waals surface area (Å²) in [7, 11) is 0. The number of aromatic nitrogens is 2. The number of rotatable bonds is 8. The molecule has 0 spiro atoms. The quantitative estimate of drug-likeness (QED) is 0.668. The summed E-state index contributed by atoms with van der Waals surface area (Å²) in [6.07, 6.45) is 5.91. The third-order valence-electron chi connectivity index (χ3n) is 5.04. The van der Waals surface area contributed by atoms with Gasteiger partial charge in [0.2, 0.25) is 11.8 Å². The number of hydrogen-bond acceptors (Lipinski definition) is 5. The lowest BCUT2D eigenvalue weighted by Gasteiger charge is -2.25. The van der Waals surface area contributed by atoms with Gasteiger partial charge in [-0.1, -0.05) is 19.9 Å². The van der Waals surface area contributed by atoms with Crippen molar-refractivity contribution >= 4 is 11.8 Å². The van der Waals surface area contributed by atoms with Gasteiger partial charge in [0.1, 0.15) is 0 Å². The van der Waals surface area contributed by atoms with Gasteiger partial charge < -0.3 is 14.5 Å². The van der Waals surface area contributed by atoms with Gasteiger partial charge in [0.15, 0.2) is 0 Å². The van der Waals surface area contributed by atoms with Crippen LogP contribution in [-0.2, 0) is 27.4 Å². The monoisotopic (exact) mass is 410 g/mol. The number of nitrogens with zero attached hydrogens (tertiary/aromatic N) is 4. The van der Waals surface area contributed by atoms with Crippen molar-refractivity contribution in [3.8, 4) is 0 Å². The van der Waals surface area contributed by atoms with Crippen molar-refractivity contribution in [3.63, 3.8) is 0 Å². The van der Waals surface area contributed by atoms with Crippen LogP contribution in [0.2, 0.25) is 0 Å². The highest BCUT2D eigenvalue weighted by Gasteiger charge is 2.31. The molecular formula is C23H30N4O3. The minimum absolute atomic E-state index is 0.0232. The highest BCUT2D eigenvalue weighted by molar-refractivity contribution is 5.85. The van der Waals surface area contributed by atoms with Gasteiger partial charge >= 0.3 is 0 Å². The summed E-state index contributed by atoms with van der Waals surface area (Å²) in [5, 5.41) is 0. The van der Waals surface area contributed by atoms with Crippen LogP contribution in [0, 0.1) is 5.92 Å². The lowest BCUT2D eigenvalue weighted by molar-refractivity contribution is -0.139. The van der Waals surface area contributed by atoms with E-state index in [9.17, 15) is 9.59 Å². The number of carbonyl (C=O) groups is 2. The Labute approximate surface area is 178 Å². The molecule has 3 heterocycles. The summed E-state index contributed by atoms with van der Waals surface area (Å²) < 4.78 is 6.09. The van der Waals surface area contributed by atoms with Gasteiger partial charge in [-0.3, -0.25) is 19.6 Å². The first-order valence-corrected chi connectivity index (χ1v) is 10.5. The molecule has 0 radical (unpaired) electrons. The minimum Gasteiger partial charge on any atom is -0.368 e. The second-order valence-electron chi connectivity index (χ2n) is 8.08. The zero-order valence-electron chi connectivity index (χ0n) is 17.7. The normalized spacial score (nSPS) is 17.3. The molecule has 1 aliphatic rings. The van der Waals surface area contributed by atoms with Crippen molar-refractivity contribution < 1.29 is 14.3 Å². The van der Waals surface area contributed by atoms with E-state index in [1.165, 1.54) is 0 Å². The van der Waals surface area contributed by atoms with Crippen molar-refractivity contribution in [2.45, 2.75) is 39.4 Å². The fourth-order valence-corrected chi connectivity index (χ4v) is 3.54. The predicted octanol–water partition coefficient (Wildman–Crippen LogP) is 2.32. The van der Waals surface area contributed by atoms with E-state index in [0.29, 0.717) is 45.0 Å². The Morgan fingerprint density at radius 2 is 1.97 bits per heavy atom. The van der Waals surface area contributed by atoms with E-state index in [2.05, 4.69) is 23.8 Å². The van der Waals surface area contributed by atoms with Gasteiger partial charge in [-0.15, -0.1) is 0 Å². The number of aryl methyl sites for hydroxylation is 1. The smallest absolute Gasteiger partial charge is 0.242 e. The van der Waals surface area contributed by atoms with Crippen LogP contribution < -0.4 is 0 Å². The van der Waals surface area contributed by atoms with E-state index < -0.39 is 0 Å². The van der Waals surface area contributed by atoms with Crippen molar-refractivity contribution in [1.82, 2.24) is 19.8 Å². The summed E-state index contributed by atoms with van der Waals surface area (Å²) in [4.78, 5) is 37.5. The summed E-state index contributed by atoms with van der Waals surface area (Å²) in [6, 6.07) is 9.50. The van der Waals surface area contributed by atoms with Crippen molar-refractivity contribution in [2.75, 3.05) is 26.2 Å². The van der Waals surface area contributed by atoms with Crippen LogP contribution >= 0.6 is 0 Å². The maximum Gasteiger partial charge on any atom is 0.242 e. The highest BCUT2D eigenvalue weighted by atomic mass is 16.5. The fourth-order valence-electron chi connectivity index (χ4n) is 3.54. The molecule has 0 N–H and O–H groups in total. The van der Waals surface area contributed by atoms with Crippen LogP contribution in [0.3, 0.4) is 0 Å². The fraction of sp³-hybridized carbons (Fsp3) is 0.478. The maximum absolute atomic E-state index is 12.9. The molecule has 2 aromatic heterocycles. The Balaban J connectivity index is 1.65. The molecule has 7 heteroatoms. The molecule has 1 saturated heterocycles. The Kier molecular flexibility index (Phi) is 7.90. The molecule has 160 valence electrons. The molecule has 2 aromatic rings. The number of pyridine rings is 2. The third kappa shape index (κ3) is 6.62. The van der Waals surface area contributed by atoms with Gasteiger partial charge in [0.25, 0.3) is 0 Å². The first kappa shape index (κ1) is 21.9. The van der Waals surface area contributed by atoms with E-state index >= 15 is 0 Å². The maximum atomic E-state index is 12.9. The average molecular weight is 411 g/mol. The van der Waals surface area contributed by atoms with Crippen LogP contribution in [0.1, 0.15) is 31.5 Å². The van der Waals surface area contributed by atoms with Gasteiger partial charge in [-0.05, 0) is 42.2 Å². The van der Waals surface area contributed by atoms with E-state index in [1.807, 2.05) is 35.2 Å².